The first-order valence-corrected chi connectivity index (χ1v) is 5.86. The van der Waals surface area contributed by atoms with Gasteiger partial charge in [0.2, 0.25) is 0 Å². The summed E-state index contributed by atoms with van der Waals surface area (Å²) in [4.78, 5) is 8.32. The number of benzene rings is 1. The van der Waals surface area contributed by atoms with Crippen LogP contribution in [0.25, 0.3) is 0 Å². The van der Waals surface area contributed by atoms with Gasteiger partial charge in [-0.3, -0.25) is 9.97 Å². The van der Waals surface area contributed by atoms with Gasteiger partial charge in [0.05, 0.1) is 17.9 Å². The Morgan fingerprint density at radius 3 is 2.71 bits per heavy atom. The first-order chi connectivity index (χ1) is 8.22. The van der Waals surface area contributed by atoms with Crippen LogP contribution >= 0.6 is 23.2 Å². The van der Waals surface area contributed by atoms with Crippen LogP contribution in [-0.2, 0) is 0 Å². The second-order valence-corrected chi connectivity index (χ2v) is 4.36. The second kappa shape index (κ2) is 5.45. The molecule has 2 rings (SSSR count). The fraction of sp³-hybridized carbons (Fsp3) is 0.167. The molecule has 5 heteroatoms. The fourth-order valence-electron chi connectivity index (χ4n) is 1.66. The lowest BCUT2D eigenvalue weighted by atomic mass is 10.0. The van der Waals surface area contributed by atoms with Crippen LogP contribution in [0.5, 0.6) is 0 Å². The summed E-state index contributed by atoms with van der Waals surface area (Å²) >= 11 is 12.2. The molecule has 0 aliphatic carbocycles. The Balaban J connectivity index is 2.46. The van der Waals surface area contributed by atoms with Crippen LogP contribution < -0.4 is 5.32 Å². The zero-order valence-electron chi connectivity index (χ0n) is 9.19. The summed E-state index contributed by atoms with van der Waals surface area (Å²) in [6.45, 7) is 0. The van der Waals surface area contributed by atoms with E-state index >= 15 is 0 Å². The summed E-state index contributed by atoms with van der Waals surface area (Å²) < 4.78 is 0. The molecule has 3 nitrogen and oxygen atoms in total. The maximum absolute atomic E-state index is 6.17. The predicted molar refractivity (Wildman–Crippen MR) is 69.4 cm³/mol. The summed E-state index contributed by atoms with van der Waals surface area (Å²) in [5.74, 6) is 0. The molecule has 1 atom stereocenters. The van der Waals surface area contributed by atoms with Crippen LogP contribution in [0.3, 0.4) is 0 Å². The molecule has 88 valence electrons. The zero-order chi connectivity index (χ0) is 12.3. The molecule has 1 aromatic heterocycles. The zero-order valence-corrected chi connectivity index (χ0v) is 10.7. The van der Waals surface area contributed by atoms with E-state index < -0.39 is 0 Å². The number of rotatable bonds is 3. The highest BCUT2D eigenvalue weighted by Gasteiger charge is 2.16. The van der Waals surface area contributed by atoms with Crippen molar-refractivity contribution in [1.82, 2.24) is 15.3 Å². The Morgan fingerprint density at radius 2 is 2.06 bits per heavy atom. The molecule has 0 bridgehead atoms. The van der Waals surface area contributed by atoms with Crippen molar-refractivity contribution in [2.45, 2.75) is 6.04 Å². The maximum Gasteiger partial charge on any atom is 0.0801 e. The van der Waals surface area contributed by atoms with Crippen molar-refractivity contribution >= 4 is 23.2 Å². The average molecular weight is 268 g/mol. The van der Waals surface area contributed by atoms with Gasteiger partial charge in [0.25, 0.3) is 0 Å². The van der Waals surface area contributed by atoms with Crippen molar-refractivity contribution < 1.29 is 0 Å². The summed E-state index contributed by atoms with van der Waals surface area (Å²) in [7, 11) is 1.84. The molecule has 0 aliphatic heterocycles. The van der Waals surface area contributed by atoms with Gasteiger partial charge in [0.1, 0.15) is 0 Å². The van der Waals surface area contributed by atoms with Crippen molar-refractivity contribution in [1.29, 1.82) is 0 Å². The Labute approximate surface area is 110 Å². The van der Waals surface area contributed by atoms with Gasteiger partial charge in [0, 0.05) is 22.4 Å². The van der Waals surface area contributed by atoms with E-state index in [-0.39, 0.29) is 6.04 Å². The molecule has 1 heterocycles. The van der Waals surface area contributed by atoms with E-state index in [1.54, 1.807) is 30.7 Å². The van der Waals surface area contributed by atoms with E-state index in [1.807, 2.05) is 13.1 Å². The minimum absolute atomic E-state index is 0.116. The van der Waals surface area contributed by atoms with Crippen LogP contribution in [0, 0.1) is 0 Å². The third-order valence-electron chi connectivity index (χ3n) is 2.44. The van der Waals surface area contributed by atoms with Crippen molar-refractivity contribution in [3.63, 3.8) is 0 Å². The molecule has 0 saturated heterocycles. The van der Waals surface area contributed by atoms with Gasteiger partial charge in [-0.25, -0.2) is 0 Å². The van der Waals surface area contributed by atoms with Crippen LogP contribution in [0.4, 0.5) is 0 Å². The largest absolute Gasteiger partial charge is 0.308 e. The van der Waals surface area contributed by atoms with E-state index in [0.29, 0.717) is 10.0 Å². The average Bonchev–Trinajstić information content (AvgIpc) is 2.36. The predicted octanol–water partition coefficient (Wildman–Crippen LogP) is 3.09. The molecule has 2 aromatic rings. The fourth-order valence-corrected chi connectivity index (χ4v) is 2.07. The monoisotopic (exact) mass is 267 g/mol. The highest BCUT2D eigenvalue weighted by molar-refractivity contribution is 6.33. The van der Waals surface area contributed by atoms with Gasteiger partial charge in [-0.05, 0) is 30.8 Å². The topological polar surface area (TPSA) is 37.8 Å². The molecule has 0 amide bonds. The number of hydrogen-bond acceptors (Lipinski definition) is 3. The summed E-state index contributed by atoms with van der Waals surface area (Å²) in [6, 6.07) is 5.26. The van der Waals surface area contributed by atoms with E-state index in [1.165, 1.54) is 0 Å². The van der Waals surface area contributed by atoms with Crippen molar-refractivity contribution in [2.75, 3.05) is 7.05 Å². The van der Waals surface area contributed by atoms with E-state index in [0.717, 1.165) is 11.3 Å². The molecule has 0 radical (unpaired) electrons. The molecule has 1 aromatic carbocycles. The Bertz CT molecular complexity index is 502. The molecule has 0 aliphatic rings. The molecule has 0 saturated carbocycles. The summed E-state index contributed by atoms with van der Waals surface area (Å²) in [6.07, 6.45) is 4.99. The van der Waals surface area contributed by atoms with E-state index in [4.69, 9.17) is 23.2 Å². The molecule has 1 N–H and O–H groups in total. The van der Waals surface area contributed by atoms with E-state index in [9.17, 15) is 0 Å². The normalized spacial score (nSPS) is 12.4. The lowest BCUT2D eigenvalue weighted by Gasteiger charge is -2.17. The molecule has 0 fully saturated rings. The number of aromatic nitrogens is 2. The van der Waals surface area contributed by atoms with Crippen LogP contribution in [0.2, 0.25) is 10.0 Å². The minimum Gasteiger partial charge on any atom is -0.308 e. The second-order valence-electron chi connectivity index (χ2n) is 3.52. The minimum atomic E-state index is -0.116. The first kappa shape index (κ1) is 12.3. The third-order valence-corrected chi connectivity index (χ3v) is 3.02. The van der Waals surface area contributed by atoms with Gasteiger partial charge >= 0.3 is 0 Å². The first-order valence-electron chi connectivity index (χ1n) is 5.10. The van der Waals surface area contributed by atoms with Gasteiger partial charge in [-0.1, -0.05) is 23.2 Å². The van der Waals surface area contributed by atoms with Gasteiger partial charge in [0.15, 0.2) is 0 Å². The molecule has 1 unspecified atom stereocenters. The Kier molecular flexibility index (Phi) is 3.94. The van der Waals surface area contributed by atoms with Gasteiger partial charge < -0.3 is 5.32 Å². The van der Waals surface area contributed by atoms with Crippen LogP contribution in [0.15, 0.2) is 36.8 Å². The highest BCUT2D eigenvalue weighted by Crippen LogP contribution is 2.29. The molecular weight excluding hydrogens is 257 g/mol. The van der Waals surface area contributed by atoms with Gasteiger partial charge in [-0.15, -0.1) is 0 Å². The smallest absolute Gasteiger partial charge is 0.0801 e. The molecular formula is C12H11Cl2N3. The van der Waals surface area contributed by atoms with Crippen molar-refractivity contribution in [3.8, 4) is 0 Å². The standard InChI is InChI=1S/C12H11Cl2N3/c1-15-12(11-7-16-4-5-17-11)9-6-8(13)2-3-10(9)14/h2-7,12,15H,1H3. The third kappa shape index (κ3) is 2.75. The number of halogens is 2. The van der Waals surface area contributed by atoms with Gasteiger partial charge in [-0.2, -0.15) is 0 Å². The van der Waals surface area contributed by atoms with E-state index in [2.05, 4.69) is 15.3 Å². The highest BCUT2D eigenvalue weighted by atomic mass is 35.5. The van der Waals surface area contributed by atoms with Crippen molar-refractivity contribution in [3.05, 3.63) is 58.1 Å². The summed E-state index contributed by atoms with van der Waals surface area (Å²) in [5.41, 5.74) is 1.70. The molecule has 0 spiro atoms. The Hall–Kier alpha value is -1.16. The van der Waals surface area contributed by atoms with Crippen molar-refractivity contribution in [2.24, 2.45) is 0 Å². The van der Waals surface area contributed by atoms with Crippen LogP contribution in [-0.4, -0.2) is 17.0 Å². The SMILES string of the molecule is CNC(c1cnccn1)c1cc(Cl)ccc1Cl. The lowest BCUT2D eigenvalue weighted by molar-refractivity contribution is 0.667. The maximum atomic E-state index is 6.17. The Morgan fingerprint density at radius 1 is 1.24 bits per heavy atom. The number of nitrogens with one attached hydrogen (secondary N) is 1. The quantitative estimate of drug-likeness (QED) is 0.929. The number of hydrogen-bond donors (Lipinski definition) is 1. The number of nitrogens with zero attached hydrogens (tertiary/aromatic N) is 2. The lowest BCUT2D eigenvalue weighted by Crippen LogP contribution is -2.19. The summed E-state index contributed by atoms with van der Waals surface area (Å²) in [5, 5.41) is 4.46. The van der Waals surface area contributed by atoms with Crippen LogP contribution in [0.1, 0.15) is 17.3 Å². The molecule has 17 heavy (non-hydrogen) atoms.